The lowest BCUT2D eigenvalue weighted by Gasteiger charge is -2.31. The summed E-state index contributed by atoms with van der Waals surface area (Å²) in [7, 11) is 0. The molecule has 2 N–H and O–H groups in total. The minimum atomic E-state index is -5.07. The van der Waals surface area contributed by atoms with Crippen molar-refractivity contribution in [3.8, 4) is 17.6 Å². The maximum atomic E-state index is 14.3. The minimum Gasteiger partial charge on any atom is -0.449 e. The molecule has 2 aromatic carbocycles. The fraction of sp³-hybridized carbons (Fsp3) is 0.217. The first-order valence-electron chi connectivity index (χ1n) is 10.5. The number of nitrogens with zero attached hydrogens (tertiary/aromatic N) is 3. The van der Waals surface area contributed by atoms with Crippen LogP contribution in [0.1, 0.15) is 29.3 Å². The number of alkyl halides is 3. The summed E-state index contributed by atoms with van der Waals surface area (Å²) < 4.78 is 74.7. The fourth-order valence-corrected chi connectivity index (χ4v) is 4.02. The molecular formula is C23H15ClF5N5O3. The predicted molar refractivity (Wildman–Crippen MR) is 118 cm³/mol. The number of benzene rings is 2. The molecule has 2 heterocycles. The van der Waals surface area contributed by atoms with Crippen molar-refractivity contribution in [1.82, 2.24) is 20.4 Å². The standard InChI is InChI=1S/C23H15ClF5N5O3/c24-13-4-11(8-30)5-14(7-13)37-19-20(23(27,28)29)31-10-34(22(19)36)9-12-6-17(32-33-21(12)35)15-2-1-3-16(25)18(15)26/h1-5,7,10,12,17,32H,6,9H2,(H,33,35). The SMILES string of the molecule is N#Cc1cc(Cl)cc(Oc2c(C(F)(F)F)ncn(CC3CC(c4cccc(F)c4F)NNC3=O)c2=O)c1. The number of halogens is 6. The summed E-state index contributed by atoms with van der Waals surface area (Å²) in [6.07, 6.45) is -4.57. The van der Waals surface area contributed by atoms with Crippen LogP contribution in [0, 0.1) is 28.9 Å². The molecule has 0 spiro atoms. The molecule has 4 rings (SSSR count). The Morgan fingerprint density at radius 3 is 2.68 bits per heavy atom. The lowest BCUT2D eigenvalue weighted by Crippen LogP contribution is -2.51. The zero-order valence-corrected chi connectivity index (χ0v) is 19.2. The predicted octanol–water partition coefficient (Wildman–Crippen LogP) is 4.24. The molecule has 1 fully saturated rings. The molecule has 8 nitrogen and oxygen atoms in total. The number of nitrogens with one attached hydrogen (secondary N) is 2. The van der Waals surface area contributed by atoms with Crippen LogP contribution in [0.2, 0.25) is 5.02 Å². The summed E-state index contributed by atoms with van der Waals surface area (Å²) in [5, 5.41) is 9.05. The van der Waals surface area contributed by atoms with E-state index in [-0.39, 0.29) is 28.3 Å². The van der Waals surface area contributed by atoms with Crippen molar-refractivity contribution in [2.24, 2.45) is 5.92 Å². The number of aromatic nitrogens is 2. The molecule has 14 heteroatoms. The van der Waals surface area contributed by atoms with E-state index in [1.807, 2.05) is 0 Å². The van der Waals surface area contributed by atoms with Gasteiger partial charge in [0.2, 0.25) is 11.7 Å². The molecule has 1 aromatic heterocycles. The second kappa shape index (κ2) is 10.2. The number of nitriles is 1. The monoisotopic (exact) mass is 539 g/mol. The van der Waals surface area contributed by atoms with Gasteiger partial charge in [0, 0.05) is 17.1 Å². The molecule has 1 saturated heterocycles. The third kappa shape index (κ3) is 5.55. The van der Waals surface area contributed by atoms with Crippen LogP contribution in [0.4, 0.5) is 22.0 Å². The first-order valence-corrected chi connectivity index (χ1v) is 10.9. The summed E-state index contributed by atoms with van der Waals surface area (Å²) >= 11 is 5.87. The van der Waals surface area contributed by atoms with E-state index in [1.54, 1.807) is 6.07 Å². The maximum absolute atomic E-state index is 14.3. The molecule has 0 radical (unpaired) electrons. The van der Waals surface area contributed by atoms with Crippen molar-refractivity contribution in [2.45, 2.75) is 25.2 Å². The van der Waals surface area contributed by atoms with Crippen LogP contribution in [-0.4, -0.2) is 15.5 Å². The van der Waals surface area contributed by atoms with Crippen LogP contribution in [-0.2, 0) is 17.5 Å². The van der Waals surface area contributed by atoms with Crippen LogP contribution in [0.25, 0.3) is 0 Å². The normalized spacial score (nSPS) is 17.7. The van der Waals surface area contributed by atoms with Gasteiger partial charge in [0.25, 0.3) is 5.56 Å². The average molecular weight is 540 g/mol. The van der Waals surface area contributed by atoms with E-state index in [4.69, 9.17) is 21.6 Å². The number of hydrogen-bond acceptors (Lipinski definition) is 6. The van der Waals surface area contributed by atoms with Crippen LogP contribution in [0.5, 0.6) is 11.5 Å². The number of hydrogen-bond donors (Lipinski definition) is 2. The molecule has 2 atom stereocenters. The second-order valence-corrected chi connectivity index (χ2v) is 8.47. The second-order valence-electron chi connectivity index (χ2n) is 8.03. The third-order valence-electron chi connectivity index (χ3n) is 5.52. The van der Waals surface area contributed by atoms with E-state index >= 15 is 0 Å². The fourth-order valence-electron chi connectivity index (χ4n) is 3.80. The molecule has 3 aromatic rings. The van der Waals surface area contributed by atoms with Gasteiger partial charge in [-0.15, -0.1) is 0 Å². The van der Waals surface area contributed by atoms with Crippen LogP contribution in [0.3, 0.4) is 0 Å². The Morgan fingerprint density at radius 1 is 1.22 bits per heavy atom. The number of ether oxygens (including phenoxy) is 1. The van der Waals surface area contributed by atoms with E-state index in [0.717, 1.165) is 22.8 Å². The number of rotatable bonds is 5. The van der Waals surface area contributed by atoms with Gasteiger partial charge in [-0.05, 0) is 30.7 Å². The Balaban J connectivity index is 1.68. The van der Waals surface area contributed by atoms with Gasteiger partial charge in [0.1, 0.15) is 5.75 Å². The lowest BCUT2D eigenvalue weighted by atomic mass is 9.92. The molecule has 0 saturated carbocycles. The third-order valence-corrected chi connectivity index (χ3v) is 5.74. The lowest BCUT2D eigenvalue weighted by molar-refractivity contribution is -0.142. The largest absolute Gasteiger partial charge is 0.449 e. The summed E-state index contributed by atoms with van der Waals surface area (Å²) in [6.45, 7) is -0.444. The Bertz CT molecular complexity index is 1470. The number of carbonyl (C=O) groups excluding carboxylic acids is 1. The van der Waals surface area contributed by atoms with Crippen molar-refractivity contribution in [3.63, 3.8) is 0 Å². The Hall–Kier alpha value is -4.02. The molecule has 1 amide bonds. The molecular weight excluding hydrogens is 525 g/mol. The minimum absolute atomic E-state index is 0.0196. The number of hydrazine groups is 1. The van der Waals surface area contributed by atoms with Crippen molar-refractivity contribution in [3.05, 3.63) is 86.6 Å². The van der Waals surface area contributed by atoms with Gasteiger partial charge < -0.3 is 4.74 Å². The van der Waals surface area contributed by atoms with E-state index in [1.165, 1.54) is 18.2 Å². The van der Waals surface area contributed by atoms with Crippen molar-refractivity contribution in [1.29, 1.82) is 5.26 Å². The highest BCUT2D eigenvalue weighted by Gasteiger charge is 2.39. The highest BCUT2D eigenvalue weighted by atomic mass is 35.5. The first kappa shape index (κ1) is 26.1. The van der Waals surface area contributed by atoms with E-state index < -0.39 is 59.2 Å². The summed E-state index contributed by atoms with van der Waals surface area (Å²) in [5.74, 6) is -5.39. The molecule has 1 aliphatic heterocycles. The molecule has 0 bridgehead atoms. The number of carbonyl (C=O) groups is 1. The van der Waals surface area contributed by atoms with Gasteiger partial charge in [0.15, 0.2) is 17.3 Å². The molecule has 2 unspecified atom stereocenters. The zero-order chi connectivity index (χ0) is 26.9. The molecule has 37 heavy (non-hydrogen) atoms. The van der Waals surface area contributed by atoms with Crippen molar-refractivity contribution < 1.29 is 31.5 Å². The summed E-state index contributed by atoms with van der Waals surface area (Å²) in [4.78, 5) is 28.8. The van der Waals surface area contributed by atoms with Gasteiger partial charge in [-0.3, -0.25) is 19.6 Å². The van der Waals surface area contributed by atoms with Crippen molar-refractivity contribution >= 4 is 17.5 Å². The van der Waals surface area contributed by atoms with Gasteiger partial charge in [-0.1, -0.05) is 23.7 Å². The quantitative estimate of drug-likeness (QED) is 0.470. The molecule has 1 aliphatic rings. The summed E-state index contributed by atoms with van der Waals surface area (Å²) in [5.41, 5.74) is 1.86. The van der Waals surface area contributed by atoms with Crippen LogP contribution >= 0.6 is 11.6 Å². The van der Waals surface area contributed by atoms with E-state index in [2.05, 4.69) is 15.8 Å². The topological polar surface area (TPSA) is 109 Å². The first-order chi connectivity index (χ1) is 17.5. The van der Waals surface area contributed by atoms with Gasteiger partial charge in [0.05, 0.1) is 29.9 Å². The van der Waals surface area contributed by atoms with Gasteiger partial charge >= 0.3 is 6.18 Å². The maximum Gasteiger partial charge on any atom is 0.437 e. The highest BCUT2D eigenvalue weighted by molar-refractivity contribution is 6.30. The number of amides is 1. The molecule has 0 aliphatic carbocycles. The van der Waals surface area contributed by atoms with Crippen molar-refractivity contribution in [2.75, 3.05) is 0 Å². The van der Waals surface area contributed by atoms with Crippen LogP contribution < -0.4 is 21.1 Å². The van der Waals surface area contributed by atoms with Crippen LogP contribution in [0.15, 0.2) is 47.5 Å². The Kier molecular flexibility index (Phi) is 7.15. The average Bonchev–Trinajstić information content (AvgIpc) is 2.83. The summed E-state index contributed by atoms with van der Waals surface area (Å²) in [6, 6.07) is 7.83. The Morgan fingerprint density at radius 2 is 1.97 bits per heavy atom. The Labute approximate surface area is 210 Å². The van der Waals surface area contributed by atoms with Gasteiger partial charge in [-0.25, -0.2) is 19.2 Å². The van der Waals surface area contributed by atoms with Gasteiger partial charge in [-0.2, -0.15) is 18.4 Å². The smallest absolute Gasteiger partial charge is 0.437 e. The van der Waals surface area contributed by atoms with E-state index in [9.17, 15) is 31.5 Å². The molecule has 192 valence electrons. The zero-order valence-electron chi connectivity index (χ0n) is 18.4. The van der Waals surface area contributed by atoms with E-state index in [0.29, 0.717) is 6.33 Å². The highest BCUT2D eigenvalue weighted by Crippen LogP contribution is 2.35.